The highest BCUT2D eigenvalue weighted by molar-refractivity contribution is 7.93. The molecule has 1 atom stereocenters. The maximum atomic E-state index is 12.7. The molecule has 2 saturated heterocycles. The number of aromatic nitrogens is 2. The highest BCUT2D eigenvalue weighted by atomic mass is 32.2. The van der Waals surface area contributed by atoms with Crippen LogP contribution in [0.15, 0.2) is 48.9 Å². The number of carbonyl (C=O) groups is 1. The standard InChI is InChI=1S/C18H19N3O4S/c22-17(14-4-8-19-9-5-14)21-12-18(13-21)15(6-10-26(18,23)24)11-25-16-3-1-2-7-20-16/h1-5,7-9,15H,6,10-13H2. The molecular weight excluding hydrogens is 354 g/mol. The molecule has 4 rings (SSSR count). The van der Waals surface area contributed by atoms with E-state index >= 15 is 0 Å². The molecule has 2 aromatic rings. The zero-order chi connectivity index (χ0) is 18.2. The molecule has 1 spiro atoms. The molecule has 26 heavy (non-hydrogen) atoms. The van der Waals surface area contributed by atoms with Gasteiger partial charge in [0.1, 0.15) is 4.75 Å². The van der Waals surface area contributed by atoms with Crippen molar-refractivity contribution in [3.05, 3.63) is 54.5 Å². The van der Waals surface area contributed by atoms with Gasteiger partial charge < -0.3 is 9.64 Å². The van der Waals surface area contributed by atoms with E-state index in [4.69, 9.17) is 4.74 Å². The summed E-state index contributed by atoms with van der Waals surface area (Å²) in [6, 6.07) is 8.64. The third kappa shape index (κ3) is 2.74. The van der Waals surface area contributed by atoms with Crippen LogP contribution < -0.4 is 4.74 Å². The lowest BCUT2D eigenvalue weighted by Gasteiger charge is -2.49. The van der Waals surface area contributed by atoms with Crippen molar-refractivity contribution in [2.45, 2.75) is 11.2 Å². The number of nitrogens with zero attached hydrogens (tertiary/aromatic N) is 3. The maximum Gasteiger partial charge on any atom is 0.254 e. The topological polar surface area (TPSA) is 89.5 Å². The Hall–Kier alpha value is -2.48. The lowest BCUT2D eigenvalue weighted by atomic mass is 9.83. The fourth-order valence-corrected chi connectivity index (χ4v) is 6.15. The minimum absolute atomic E-state index is 0.139. The summed E-state index contributed by atoms with van der Waals surface area (Å²) in [7, 11) is -3.26. The Bertz CT molecular complexity index is 897. The van der Waals surface area contributed by atoms with Gasteiger partial charge in [0, 0.05) is 49.2 Å². The van der Waals surface area contributed by atoms with Crippen LogP contribution in [0.5, 0.6) is 5.88 Å². The van der Waals surface area contributed by atoms with Crippen LogP contribution >= 0.6 is 0 Å². The van der Waals surface area contributed by atoms with Crippen LogP contribution in [0.3, 0.4) is 0 Å². The first-order chi connectivity index (χ1) is 12.5. The fourth-order valence-electron chi connectivity index (χ4n) is 3.75. The molecule has 2 aliphatic heterocycles. The van der Waals surface area contributed by atoms with Crippen LogP contribution in [0.1, 0.15) is 16.8 Å². The highest BCUT2D eigenvalue weighted by Gasteiger charge is 2.62. The first kappa shape index (κ1) is 17.0. The molecular formula is C18H19N3O4S. The first-order valence-corrected chi connectivity index (χ1v) is 10.1. The summed E-state index contributed by atoms with van der Waals surface area (Å²) in [5, 5.41) is 0. The number of hydrogen-bond donors (Lipinski definition) is 0. The first-order valence-electron chi connectivity index (χ1n) is 8.47. The third-order valence-corrected chi connectivity index (χ3v) is 7.90. The number of likely N-dealkylation sites (tertiary alicyclic amines) is 1. The molecule has 0 saturated carbocycles. The second kappa shape index (κ2) is 6.35. The summed E-state index contributed by atoms with van der Waals surface area (Å²) in [4.78, 5) is 22.1. The summed E-state index contributed by atoms with van der Waals surface area (Å²) < 4.78 is 30.2. The number of hydrogen-bond acceptors (Lipinski definition) is 6. The maximum absolute atomic E-state index is 12.7. The van der Waals surface area contributed by atoms with Crippen molar-refractivity contribution in [1.29, 1.82) is 0 Å². The number of rotatable bonds is 4. The molecule has 2 aliphatic rings. The number of carbonyl (C=O) groups excluding carboxylic acids is 1. The van der Waals surface area contributed by atoms with Crippen LogP contribution in [0, 0.1) is 5.92 Å². The van der Waals surface area contributed by atoms with Crippen LogP contribution in [-0.2, 0) is 9.84 Å². The van der Waals surface area contributed by atoms with E-state index in [1.807, 2.05) is 6.07 Å². The Morgan fingerprint density at radius 1 is 1.19 bits per heavy atom. The summed E-state index contributed by atoms with van der Waals surface area (Å²) in [6.07, 6.45) is 5.29. The summed E-state index contributed by atoms with van der Waals surface area (Å²) in [6.45, 7) is 0.715. The molecule has 0 N–H and O–H groups in total. The number of ether oxygens (including phenoxy) is 1. The molecule has 7 nitrogen and oxygen atoms in total. The predicted molar refractivity (Wildman–Crippen MR) is 94.5 cm³/mol. The largest absolute Gasteiger partial charge is 0.477 e. The molecule has 8 heteroatoms. The van der Waals surface area contributed by atoms with E-state index in [0.717, 1.165) is 0 Å². The Kier molecular flexibility index (Phi) is 4.14. The van der Waals surface area contributed by atoms with Gasteiger partial charge in [0.05, 0.1) is 12.4 Å². The van der Waals surface area contributed by atoms with Crippen molar-refractivity contribution in [3.63, 3.8) is 0 Å². The predicted octanol–water partition coefficient (Wildman–Crippen LogP) is 1.18. The third-order valence-electron chi connectivity index (χ3n) is 5.30. The van der Waals surface area contributed by atoms with E-state index in [-0.39, 0.29) is 37.3 Å². The van der Waals surface area contributed by atoms with Gasteiger partial charge in [-0.25, -0.2) is 13.4 Å². The van der Waals surface area contributed by atoms with E-state index < -0.39 is 14.6 Å². The molecule has 136 valence electrons. The van der Waals surface area contributed by atoms with Crippen LogP contribution in [0.4, 0.5) is 0 Å². The molecule has 0 aliphatic carbocycles. The zero-order valence-electron chi connectivity index (χ0n) is 14.1. The molecule has 2 fully saturated rings. The van der Waals surface area contributed by atoms with Crippen molar-refractivity contribution < 1.29 is 17.9 Å². The number of amides is 1. The summed E-state index contributed by atoms with van der Waals surface area (Å²) in [5.74, 6) is 0.317. The average Bonchev–Trinajstić information content (AvgIpc) is 2.90. The normalized spacial score (nSPS) is 22.8. The van der Waals surface area contributed by atoms with E-state index in [2.05, 4.69) is 9.97 Å². The molecule has 0 aromatic carbocycles. The van der Waals surface area contributed by atoms with Gasteiger partial charge in [-0.3, -0.25) is 9.78 Å². The van der Waals surface area contributed by atoms with Crippen molar-refractivity contribution in [3.8, 4) is 5.88 Å². The molecule has 1 unspecified atom stereocenters. The molecule has 2 aromatic heterocycles. The second-order valence-electron chi connectivity index (χ2n) is 6.75. The van der Waals surface area contributed by atoms with E-state index in [1.165, 1.54) is 0 Å². The molecule has 0 bridgehead atoms. The van der Waals surface area contributed by atoms with Gasteiger partial charge >= 0.3 is 0 Å². The number of sulfone groups is 1. The van der Waals surface area contributed by atoms with Gasteiger partial charge in [-0.15, -0.1) is 0 Å². The lowest BCUT2D eigenvalue weighted by Crippen LogP contribution is -2.68. The van der Waals surface area contributed by atoms with Crippen molar-refractivity contribution in [2.24, 2.45) is 5.92 Å². The minimum Gasteiger partial charge on any atom is -0.477 e. The molecule has 0 radical (unpaired) electrons. The summed E-state index contributed by atoms with van der Waals surface area (Å²) in [5.41, 5.74) is 0.520. The van der Waals surface area contributed by atoms with Gasteiger partial charge in [-0.2, -0.15) is 0 Å². The van der Waals surface area contributed by atoms with Gasteiger partial charge in [-0.05, 0) is 24.6 Å². The van der Waals surface area contributed by atoms with E-state index in [0.29, 0.717) is 17.9 Å². The average molecular weight is 373 g/mol. The van der Waals surface area contributed by atoms with Crippen LogP contribution in [0.25, 0.3) is 0 Å². The van der Waals surface area contributed by atoms with E-state index in [9.17, 15) is 13.2 Å². The van der Waals surface area contributed by atoms with Crippen LogP contribution in [-0.4, -0.2) is 59.4 Å². The monoisotopic (exact) mass is 373 g/mol. The Morgan fingerprint density at radius 3 is 2.65 bits per heavy atom. The molecule has 1 amide bonds. The van der Waals surface area contributed by atoms with Crippen molar-refractivity contribution in [2.75, 3.05) is 25.4 Å². The quantitative estimate of drug-likeness (QED) is 0.800. The van der Waals surface area contributed by atoms with Gasteiger partial charge in [-0.1, -0.05) is 6.07 Å². The smallest absolute Gasteiger partial charge is 0.254 e. The summed E-state index contributed by atoms with van der Waals surface area (Å²) >= 11 is 0. The Balaban J connectivity index is 1.47. The van der Waals surface area contributed by atoms with Crippen molar-refractivity contribution >= 4 is 15.7 Å². The minimum atomic E-state index is -3.26. The van der Waals surface area contributed by atoms with Crippen LogP contribution in [0.2, 0.25) is 0 Å². The van der Waals surface area contributed by atoms with Gasteiger partial charge in [0.25, 0.3) is 5.91 Å². The number of pyridine rings is 2. The zero-order valence-corrected chi connectivity index (χ0v) is 14.9. The Morgan fingerprint density at radius 2 is 1.96 bits per heavy atom. The van der Waals surface area contributed by atoms with Gasteiger partial charge in [0.2, 0.25) is 5.88 Å². The van der Waals surface area contributed by atoms with Gasteiger partial charge in [0.15, 0.2) is 9.84 Å². The second-order valence-corrected chi connectivity index (χ2v) is 9.20. The molecule has 4 heterocycles. The van der Waals surface area contributed by atoms with E-state index in [1.54, 1.807) is 47.8 Å². The van der Waals surface area contributed by atoms with Crippen molar-refractivity contribution in [1.82, 2.24) is 14.9 Å². The fraction of sp³-hybridized carbons (Fsp3) is 0.389. The highest BCUT2D eigenvalue weighted by Crippen LogP contribution is 2.45. The Labute approximate surface area is 151 Å². The SMILES string of the molecule is O=C(c1ccncc1)N1CC2(C1)C(COc1ccccn1)CCS2(=O)=O. The lowest BCUT2D eigenvalue weighted by molar-refractivity contribution is 0.0407.